The minimum Gasteiger partial charge on any atom is -0.490 e. The monoisotopic (exact) mass is 362 g/mol. The van der Waals surface area contributed by atoms with Crippen LogP contribution in [-0.2, 0) is 13.1 Å². The molecule has 0 saturated carbocycles. The first kappa shape index (κ1) is 17.0. The van der Waals surface area contributed by atoms with Gasteiger partial charge in [0.1, 0.15) is 17.5 Å². The molecule has 1 aromatic carbocycles. The molecule has 1 aliphatic heterocycles. The summed E-state index contributed by atoms with van der Waals surface area (Å²) >= 11 is 0. The summed E-state index contributed by atoms with van der Waals surface area (Å²) in [6, 6.07) is 7.45. The van der Waals surface area contributed by atoms with Gasteiger partial charge in [0.05, 0.1) is 18.3 Å². The Balaban J connectivity index is 1.39. The molecule has 1 fully saturated rings. The van der Waals surface area contributed by atoms with Crippen LogP contribution in [0.5, 0.6) is 5.75 Å². The van der Waals surface area contributed by atoms with Gasteiger partial charge < -0.3 is 9.30 Å². The smallest absolute Gasteiger partial charge is 0.256 e. The van der Waals surface area contributed by atoms with E-state index in [1.165, 1.54) is 0 Å². The first-order valence-corrected chi connectivity index (χ1v) is 8.70. The molecule has 0 radical (unpaired) electrons. The van der Waals surface area contributed by atoms with Crippen LogP contribution in [0.4, 0.5) is 8.78 Å². The topological polar surface area (TPSA) is 56.3 Å². The number of hydrogen-bond acceptors (Lipinski definition) is 5. The number of hydrogen-bond donors (Lipinski definition) is 0. The second-order valence-electron chi connectivity index (χ2n) is 6.54. The summed E-state index contributed by atoms with van der Waals surface area (Å²) in [6.45, 7) is 2.23. The minimum absolute atomic E-state index is 0.116. The lowest BCUT2D eigenvalue weighted by Crippen LogP contribution is -2.37. The zero-order valence-corrected chi connectivity index (χ0v) is 14.2. The lowest BCUT2D eigenvalue weighted by atomic mass is 10.1. The molecule has 3 heterocycles. The lowest BCUT2D eigenvalue weighted by molar-refractivity contribution is 0.0965. The lowest BCUT2D eigenvalue weighted by Gasteiger charge is -2.31. The van der Waals surface area contributed by atoms with Crippen LogP contribution >= 0.6 is 0 Å². The minimum atomic E-state index is -2.38. The Bertz CT molecular complexity index is 842. The van der Waals surface area contributed by atoms with Crippen molar-refractivity contribution < 1.29 is 18.1 Å². The number of fused-ring (bicyclic) bond motifs is 1. The fourth-order valence-corrected chi connectivity index (χ4v) is 3.45. The van der Waals surface area contributed by atoms with Crippen molar-refractivity contribution in [2.24, 2.45) is 0 Å². The third-order valence-corrected chi connectivity index (χ3v) is 4.73. The summed E-state index contributed by atoms with van der Waals surface area (Å²) in [5, 5.41) is 8.34. The Morgan fingerprint density at radius 3 is 2.81 bits per heavy atom. The highest BCUT2D eigenvalue weighted by Gasteiger charge is 2.22. The average Bonchev–Trinajstić information content (AvgIpc) is 3.27. The second-order valence-corrected chi connectivity index (χ2v) is 6.54. The summed E-state index contributed by atoms with van der Waals surface area (Å²) in [6.07, 6.45) is 2.87. The highest BCUT2D eigenvalue weighted by atomic mass is 19.3. The van der Waals surface area contributed by atoms with E-state index < -0.39 is 6.43 Å². The average molecular weight is 362 g/mol. The zero-order chi connectivity index (χ0) is 17.9. The van der Waals surface area contributed by atoms with Crippen LogP contribution < -0.4 is 4.74 Å². The van der Waals surface area contributed by atoms with E-state index in [2.05, 4.69) is 19.8 Å². The number of likely N-dealkylation sites (tertiary alicyclic amines) is 1. The number of alkyl halides is 2. The van der Waals surface area contributed by atoms with Gasteiger partial charge >= 0.3 is 0 Å². The maximum atomic E-state index is 12.7. The van der Waals surface area contributed by atoms with E-state index in [0.717, 1.165) is 54.8 Å². The van der Waals surface area contributed by atoms with Crippen LogP contribution in [0.1, 0.15) is 18.5 Å². The Labute approximate surface area is 149 Å². The second kappa shape index (κ2) is 7.41. The van der Waals surface area contributed by atoms with Gasteiger partial charge in [-0.2, -0.15) is 0 Å². The van der Waals surface area contributed by atoms with Crippen molar-refractivity contribution in [3.63, 3.8) is 0 Å². The van der Waals surface area contributed by atoms with Crippen molar-refractivity contribution in [1.29, 1.82) is 0 Å². The predicted molar refractivity (Wildman–Crippen MR) is 91.2 cm³/mol. The van der Waals surface area contributed by atoms with Gasteiger partial charge in [-0.05, 0) is 31.0 Å². The molecule has 2 aromatic heterocycles. The first-order chi connectivity index (χ1) is 12.7. The van der Waals surface area contributed by atoms with Crippen LogP contribution in [0, 0.1) is 0 Å². The molecule has 0 bridgehead atoms. The molecule has 0 N–H and O–H groups in total. The zero-order valence-electron chi connectivity index (χ0n) is 14.2. The van der Waals surface area contributed by atoms with Gasteiger partial charge in [-0.3, -0.25) is 4.90 Å². The number of piperidine rings is 1. The number of ether oxygens (including phenoxy) is 1. The Morgan fingerprint density at radius 2 is 2.08 bits per heavy atom. The van der Waals surface area contributed by atoms with Crippen LogP contribution in [0.3, 0.4) is 0 Å². The maximum absolute atomic E-state index is 12.7. The van der Waals surface area contributed by atoms with Crippen LogP contribution in [0.2, 0.25) is 0 Å². The van der Waals surface area contributed by atoms with Crippen molar-refractivity contribution in [3.05, 3.63) is 42.4 Å². The molecule has 1 aliphatic rings. The van der Waals surface area contributed by atoms with E-state index in [0.29, 0.717) is 0 Å². The van der Waals surface area contributed by atoms with Gasteiger partial charge in [0.15, 0.2) is 0 Å². The Hall–Kier alpha value is -2.48. The van der Waals surface area contributed by atoms with Crippen LogP contribution in [-0.4, -0.2) is 45.4 Å². The fourth-order valence-electron chi connectivity index (χ4n) is 3.45. The highest BCUT2D eigenvalue weighted by Crippen LogP contribution is 2.29. The Morgan fingerprint density at radius 1 is 1.23 bits per heavy atom. The van der Waals surface area contributed by atoms with Crippen molar-refractivity contribution in [3.8, 4) is 5.75 Å². The molecule has 0 spiro atoms. The largest absolute Gasteiger partial charge is 0.490 e. The van der Waals surface area contributed by atoms with E-state index in [4.69, 9.17) is 4.74 Å². The molecule has 0 unspecified atom stereocenters. The number of nitrogens with zero attached hydrogens (tertiary/aromatic N) is 4. The summed E-state index contributed by atoms with van der Waals surface area (Å²) < 4.78 is 37.8. The van der Waals surface area contributed by atoms with E-state index >= 15 is 0 Å². The quantitative estimate of drug-likeness (QED) is 0.673. The van der Waals surface area contributed by atoms with Gasteiger partial charge in [-0.1, -0.05) is 16.4 Å². The number of benzene rings is 1. The fraction of sp³-hybridized carbons (Fsp3) is 0.444. The molecule has 138 valence electrons. The standard InChI is InChI=1S/C18H20F2N4O2/c19-18(20)12-24-9-6-15-16(24)2-1-3-17(15)25-14-4-7-23(8-5-14)11-13-10-21-26-22-13/h1-3,6,9-10,14,18H,4-5,7-8,11-12H2. The van der Waals surface area contributed by atoms with Gasteiger partial charge in [-0.15, -0.1) is 0 Å². The van der Waals surface area contributed by atoms with E-state index in [1.807, 2.05) is 24.3 Å². The SMILES string of the molecule is FC(F)Cn1ccc2c(OC3CCN(Cc4cnon4)CC3)cccc21. The first-order valence-electron chi connectivity index (χ1n) is 8.70. The van der Waals surface area contributed by atoms with Crippen molar-refractivity contribution >= 4 is 10.9 Å². The van der Waals surface area contributed by atoms with Gasteiger partial charge in [0, 0.05) is 31.2 Å². The molecule has 0 amide bonds. The molecule has 26 heavy (non-hydrogen) atoms. The third-order valence-electron chi connectivity index (χ3n) is 4.73. The van der Waals surface area contributed by atoms with Crippen molar-refractivity contribution in [2.75, 3.05) is 13.1 Å². The molecule has 4 rings (SSSR count). The predicted octanol–water partition coefficient (Wildman–Crippen LogP) is 3.33. The van der Waals surface area contributed by atoms with Crippen molar-refractivity contribution in [1.82, 2.24) is 19.8 Å². The molecule has 6 nitrogen and oxygen atoms in total. The molecular formula is C18H20F2N4O2. The molecule has 8 heteroatoms. The summed E-state index contributed by atoms with van der Waals surface area (Å²) in [5.74, 6) is 0.759. The summed E-state index contributed by atoms with van der Waals surface area (Å²) in [4.78, 5) is 2.29. The maximum Gasteiger partial charge on any atom is 0.256 e. The van der Waals surface area contributed by atoms with E-state index in [1.54, 1.807) is 17.0 Å². The molecule has 3 aromatic rings. The third kappa shape index (κ3) is 3.70. The summed E-state index contributed by atoms with van der Waals surface area (Å²) in [7, 11) is 0. The highest BCUT2D eigenvalue weighted by molar-refractivity contribution is 5.86. The van der Waals surface area contributed by atoms with Crippen molar-refractivity contribution in [2.45, 2.75) is 38.5 Å². The van der Waals surface area contributed by atoms with Crippen LogP contribution in [0.15, 0.2) is 41.3 Å². The van der Waals surface area contributed by atoms with E-state index in [9.17, 15) is 8.78 Å². The van der Waals surface area contributed by atoms with E-state index in [-0.39, 0.29) is 12.6 Å². The van der Waals surface area contributed by atoms with Gasteiger partial charge in [0.2, 0.25) is 0 Å². The summed E-state index contributed by atoms with van der Waals surface area (Å²) in [5.41, 5.74) is 1.60. The Kier molecular flexibility index (Phi) is 4.83. The molecular weight excluding hydrogens is 342 g/mol. The van der Waals surface area contributed by atoms with Crippen LogP contribution in [0.25, 0.3) is 10.9 Å². The molecule has 0 aliphatic carbocycles. The van der Waals surface area contributed by atoms with Gasteiger partial charge in [0.25, 0.3) is 6.43 Å². The number of rotatable bonds is 6. The van der Waals surface area contributed by atoms with Gasteiger partial charge in [-0.25, -0.2) is 13.4 Å². The molecule has 1 saturated heterocycles. The molecule has 0 atom stereocenters. The normalized spacial score (nSPS) is 16.6. The number of aromatic nitrogens is 3. The number of halogens is 2.